The minimum atomic E-state index is -0.707. The third-order valence-corrected chi connectivity index (χ3v) is 8.94. The van der Waals surface area contributed by atoms with Crippen LogP contribution in [0.1, 0.15) is 39.9 Å². The van der Waals surface area contributed by atoms with Gasteiger partial charge in [0.15, 0.2) is 23.0 Å². The summed E-state index contributed by atoms with van der Waals surface area (Å²) in [5, 5.41) is 3.91. The van der Waals surface area contributed by atoms with E-state index in [2.05, 4.69) is 21.2 Å². The number of hydrogen-bond donors (Lipinski definition) is 1. The highest BCUT2D eigenvalue weighted by atomic mass is 35.5. The number of carbonyl (C=O) groups is 2. The molecule has 45 heavy (non-hydrogen) atoms. The van der Waals surface area contributed by atoms with Gasteiger partial charge in [-0.25, -0.2) is 0 Å². The number of likely N-dealkylation sites (N-methyl/N-ethyl adjacent to an activating group) is 1. The van der Waals surface area contributed by atoms with E-state index in [4.69, 9.17) is 30.5 Å². The Morgan fingerprint density at radius 1 is 0.867 bits per heavy atom. The first kappa shape index (κ1) is 32.2. The lowest BCUT2D eigenvalue weighted by atomic mass is 9.79. The fourth-order valence-corrected chi connectivity index (χ4v) is 6.50. The number of halogens is 1. The molecule has 0 aliphatic carbocycles. The SMILES string of the molecule is COc1ccc([C@H]2[C@H](C(=O)NCCCN3CCN(c4cccc(Cl)c4)CC3)c3cc(OC)c(OC)cc3C(=O)N2C)cc1OC. The minimum Gasteiger partial charge on any atom is -0.493 e. The molecule has 10 nitrogen and oxygen atoms in total. The van der Waals surface area contributed by atoms with Gasteiger partial charge in [-0.2, -0.15) is 0 Å². The van der Waals surface area contributed by atoms with Crippen molar-refractivity contribution in [2.75, 3.05) is 79.7 Å². The maximum absolute atomic E-state index is 14.1. The third-order valence-electron chi connectivity index (χ3n) is 8.70. The normalized spacial score (nSPS) is 18.3. The largest absolute Gasteiger partial charge is 0.493 e. The maximum atomic E-state index is 14.1. The first-order valence-electron chi connectivity index (χ1n) is 15.0. The van der Waals surface area contributed by atoms with Gasteiger partial charge in [-0.1, -0.05) is 23.7 Å². The lowest BCUT2D eigenvalue weighted by Gasteiger charge is -2.40. The molecule has 1 saturated heterocycles. The molecule has 0 saturated carbocycles. The number of anilines is 1. The van der Waals surface area contributed by atoms with Crippen LogP contribution in [-0.2, 0) is 4.79 Å². The average Bonchev–Trinajstić information content (AvgIpc) is 3.07. The summed E-state index contributed by atoms with van der Waals surface area (Å²) < 4.78 is 22.0. The van der Waals surface area contributed by atoms with Crippen molar-refractivity contribution in [3.63, 3.8) is 0 Å². The van der Waals surface area contributed by atoms with Crippen molar-refractivity contribution < 1.29 is 28.5 Å². The smallest absolute Gasteiger partial charge is 0.254 e. The van der Waals surface area contributed by atoms with E-state index >= 15 is 0 Å². The first-order chi connectivity index (χ1) is 21.8. The summed E-state index contributed by atoms with van der Waals surface area (Å²) in [7, 11) is 7.91. The Morgan fingerprint density at radius 2 is 1.53 bits per heavy atom. The van der Waals surface area contributed by atoms with Gasteiger partial charge in [0.25, 0.3) is 5.91 Å². The number of piperazine rings is 1. The number of rotatable bonds is 11. The van der Waals surface area contributed by atoms with Crippen molar-refractivity contribution in [3.05, 3.63) is 76.3 Å². The quantitative estimate of drug-likeness (QED) is 0.305. The van der Waals surface area contributed by atoms with Gasteiger partial charge in [0.2, 0.25) is 5.91 Å². The Bertz CT molecular complexity index is 1530. The van der Waals surface area contributed by atoms with Crippen LogP contribution in [0.3, 0.4) is 0 Å². The summed E-state index contributed by atoms with van der Waals surface area (Å²) >= 11 is 6.19. The van der Waals surface area contributed by atoms with Crippen LogP contribution in [0.2, 0.25) is 5.02 Å². The lowest BCUT2D eigenvalue weighted by molar-refractivity contribution is -0.124. The van der Waals surface area contributed by atoms with Crippen LogP contribution < -0.4 is 29.2 Å². The predicted octanol–water partition coefficient (Wildman–Crippen LogP) is 4.61. The molecule has 2 amide bonds. The second-order valence-electron chi connectivity index (χ2n) is 11.2. The summed E-state index contributed by atoms with van der Waals surface area (Å²) in [6, 6.07) is 16.2. The molecule has 3 aromatic carbocycles. The molecule has 1 N–H and O–H groups in total. The van der Waals surface area contributed by atoms with Gasteiger partial charge >= 0.3 is 0 Å². The van der Waals surface area contributed by atoms with E-state index in [0.29, 0.717) is 40.7 Å². The van der Waals surface area contributed by atoms with Crippen LogP contribution in [0.5, 0.6) is 23.0 Å². The number of amides is 2. The Labute approximate surface area is 269 Å². The molecule has 0 unspecified atom stereocenters. The standard InChI is InChI=1S/C34H41ClN4O6/c1-37-32(22-10-11-27(42-2)28(18-22)43-3)31(25-20-29(44-4)30(45-5)21-26(25)34(37)41)33(40)36-12-7-13-38-14-16-39(17-15-38)24-9-6-8-23(35)19-24/h6,8-11,18-21,31-32H,7,12-17H2,1-5H3,(H,36,40)/t31-,32+/m1/s1. The van der Waals surface area contributed by atoms with Gasteiger partial charge < -0.3 is 34.1 Å². The minimum absolute atomic E-state index is 0.173. The highest BCUT2D eigenvalue weighted by molar-refractivity contribution is 6.30. The third kappa shape index (κ3) is 6.77. The van der Waals surface area contributed by atoms with Crippen molar-refractivity contribution in [2.24, 2.45) is 0 Å². The summed E-state index contributed by atoms with van der Waals surface area (Å²) in [6.07, 6.45) is 0.796. The van der Waals surface area contributed by atoms with Crippen molar-refractivity contribution in [1.29, 1.82) is 0 Å². The van der Waals surface area contributed by atoms with Crippen LogP contribution in [0, 0.1) is 0 Å². The molecule has 2 atom stereocenters. The van der Waals surface area contributed by atoms with Gasteiger partial charge in [-0.15, -0.1) is 0 Å². The fourth-order valence-electron chi connectivity index (χ4n) is 6.31. The Balaban J connectivity index is 1.32. The van der Waals surface area contributed by atoms with Crippen molar-refractivity contribution in [2.45, 2.75) is 18.4 Å². The molecule has 1 fully saturated rings. The fraction of sp³-hybridized carbons (Fsp3) is 0.412. The van der Waals surface area contributed by atoms with Crippen LogP contribution in [0.15, 0.2) is 54.6 Å². The predicted molar refractivity (Wildman–Crippen MR) is 174 cm³/mol. The summed E-state index contributed by atoms with van der Waals surface area (Å²) in [5.74, 6) is 0.865. The molecule has 2 aliphatic rings. The zero-order chi connectivity index (χ0) is 32.1. The maximum Gasteiger partial charge on any atom is 0.254 e. The topological polar surface area (TPSA) is 92.8 Å². The van der Waals surface area contributed by atoms with Gasteiger partial charge in [-0.05, 0) is 66.6 Å². The molecule has 5 rings (SSSR count). The van der Waals surface area contributed by atoms with E-state index < -0.39 is 12.0 Å². The second-order valence-corrected chi connectivity index (χ2v) is 11.6. The first-order valence-corrected chi connectivity index (χ1v) is 15.4. The highest BCUT2D eigenvalue weighted by Crippen LogP contribution is 2.46. The van der Waals surface area contributed by atoms with Crippen molar-refractivity contribution in [1.82, 2.24) is 15.1 Å². The molecule has 2 heterocycles. The second kappa shape index (κ2) is 14.3. The zero-order valence-electron chi connectivity index (χ0n) is 26.5. The molecular formula is C34H41ClN4O6. The van der Waals surface area contributed by atoms with E-state index in [9.17, 15) is 9.59 Å². The lowest BCUT2D eigenvalue weighted by Crippen LogP contribution is -2.47. The molecule has 0 spiro atoms. The van der Waals surface area contributed by atoms with Crippen LogP contribution in [0.4, 0.5) is 5.69 Å². The van der Waals surface area contributed by atoms with Gasteiger partial charge in [0.1, 0.15) is 0 Å². The molecule has 240 valence electrons. The molecule has 2 aliphatic heterocycles. The van der Waals surface area contributed by atoms with Gasteiger partial charge in [-0.3, -0.25) is 14.5 Å². The number of nitrogens with zero attached hydrogens (tertiary/aromatic N) is 3. The Hall–Kier alpha value is -4.15. The van der Waals surface area contributed by atoms with Crippen LogP contribution in [-0.4, -0.2) is 96.4 Å². The monoisotopic (exact) mass is 636 g/mol. The van der Waals surface area contributed by atoms with Crippen LogP contribution >= 0.6 is 11.6 Å². The number of fused-ring (bicyclic) bond motifs is 1. The summed E-state index contributed by atoms with van der Waals surface area (Å²) in [5.41, 5.74) is 2.89. The molecule has 3 aromatic rings. The van der Waals surface area contributed by atoms with Crippen LogP contribution in [0.25, 0.3) is 0 Å². The van der Waals surface area contributed by atoms with E-state index in [0.717, 1.165) is 55.4 Å². The molecule has 0 radical (unpaired) electrons. The molecule has 0 bridgehead atoms. The van der Waals surface area contributed by atoms with E-state index in [1.54, 1.807) is 44.4 Å². The van der Waals surface area contributed by atoms with E-state index in [1.165, 1.54) is 14.2 Å². The zero-order valence-corrected chi connectivity index (χ0v) is 27.2. The molecule has 0 aromatic heterocycles. The van der Waals surface area contributed by atoms with E-state index in [-0.39, 0.29) is 11.8 Å². The number of nitrogens with one attached hydrogen (secondary N) is 1. The van der Waals surface area contributed by atoms with Gasteiger partial charge in [0, 0.05) is 56.0 Å². The molecular weight excluding hydrogens is 596 g/mol. The number of benzene rings is 3. The number of methoxy groups -OCH3 is 4. The van der Waals surface area contributed by atoms with Crippen molar-refractivity contribution in [3.8, 4) is 23.0 Å². The summed E-state index contributed by atoms with van der Waals surface area (Å²) in [6.45, 7) is 5.09. The van der Waals surface area contributed by atoms with E-state index in [1.807, 2.05) is 30.3 Å². The highest BCUT2D eigenvalue weighted by Gasteiger charge is 2.43. The number of hydrogen-bond acceptors (Lipinski definition) is 8. The number of carbonyl (C=O) groups excluding carboxylic acids is 2. The number of ether oxygens (including phenoxy) is 4. The van der Waals surface area contributed by atoms with Crippen molar-refractivity contribution >= 4 is 29.1 Å². The van der Waals surface area contributed by atoms with Gasteiger partial charge in [0.05, 0.1) is 40.4 Å². The summed E-state index contributed by atoms with van der Waals surface area (Å²) in [4.78, 5) is 34.2. The Kier molecular flexibility index (Phi) is 10.2. The molecule has 11 heteroatoms. The average molecular weight is 637 g/mol. The Morgan fingerprint density at radius 3 is 2.20 bits per heavy atom.